The van der Waals surface area contributed by atoms with Crippen LogP contribution in [0.2, 0.25) is 0 Å². The maximum atomic E-state index is 11.5. The number of carbonyl (C=O) groups excluding carboxylic acids is 3. The summed E-state index contributed by atoms with van der Waals surface area (Å²) in [5, 5.41) is 0. The first-order valence-corrected chi connectivity index (χ1v) is 5.53. The van der Waals surface area contributed by atoms with E-state index in [2.05, 4.69) is 0 Å². The van der Waals surface area contributed by atoms with Gasteiger partial charge in [-0.3, -0.25) is 19.3 Å². The van der Waals surface area contributed by atoms with E-state index in [9.17, 15) is 14.4 Å². The lowest BCUT2D eigenvalue weighted by Gasteiger charge is -2.18. The molecule has 90 valence electrons. The summed E-state index contributed by atoms with van der Waals surface area (Å²) in [4.78, 5) is 35.5. The Balaban J connectivity index is 2.58. The summed E-state index contributed by atoms with van der Waals surface area (Å²) in [6.07, 6.45) is 1.85. The van der Waals surface area contributed by atoms with Crippen molar-refractivity contribution >= 4 is 17.8 Å². The van der Waals surface area contributed by atoms with E-state index in [0.717, 1.165) is 4.90 Å². The molecule has 1 rings (SSSR count). The van der Waals surface area contributed by atoms with Crippen molar-refractivity contribution in [3.8, 4) is 0 Å². The highest BCUT2D eigenvalue weighted by Gasteiger charge is 2.26. The van der Waals surface area contributed by atoms with Crippen molar-refractivity contribution in [1.82, 2.24) is 4.90 Å². The van der Waals surface area contributed by atoms with Crippen LogP contribution in [-0.2, 0) is 19.1 Å². The molecule has 0 aromatic rings. The lowest BCUT2D eigenvalue weighted by Crippen LogP contribution is -2.40. The summed E-state index contributed by atoms with van der Waals surface area (Å²) in [6.45, 7) is 3.20. The zero-order chi connectivity index (χ0) is 12.1. The number of rotatable bonds is 3. The molecule has 0 N–H and O–H groups in total. The van der Waals surface area contributed by atoms with Crippen LogP contribution in [0.3, 0.4) is 0 Å². The third-order valence-electron chi connectivity index (χ3n) is 2.29. The molecular weight excluding hydrogens is 210 g/mol. The van der Waals surface area contributed by atoms with Crippen LogP contribution in [0.15, 0.2) is 0 Å². The third kappa shape index (κ3) is 3.64. The van der Waals surface area contributed by atoms with Crippen LogP contribution in [-0.4, -0.2) is 35.3 Å². The molecule has 1 aliphatic rings. The van der Waals surface area contributed by atoms with Gasteiger partial charge in [0.1, 0.15) is 6.54 Å². The van der Waals surface area contributed by atoms with Crippen LogP contribution in [0.4, 0.5) is 0 Å². The van der Waals surface area contributed by atoms with Crippen LogP contribution < -0.4 is 0 Å². The number of likely N-dealkylation sites (tertiary alicyclic amines) is 1. The molecule has 0 atom stereocenters. The highest BCUT2D eigenvalue weighted by atomic mass is 16.5. The highest BCUT2D eigenvalue weighted by molar-refractivity contribution is 5.98. The summed E-state index contributed by atoms with van der Waals surface area (Å²) in [5.74, 6) is -1.08. The second-order valence-electron chi connectivity index (χ2n) is 4.12. The predicted octanol–water partition coefficient (Wildman–Crippen LogP) is 0.867. The monoisotopic (exact) mass is 227 g/mol. The summed E-state index contributed by atoms with van der Waals surface area (Å²) >= 11 is 0. The van der Waals surface area contributed by atoms with Crippen molar-refractivity contribution in [3.05, 3.63) is 0 Å². The van der Waals surface area contributed by atoms with Crippen molar-refractivity contribution < 1.29 is 19.1 Å². The van der Waals surface area contributed by atoms with Crippen molar-refractivity contribution in [1.29, 1.82) is 0 Å². The van der Waals surface area contributed by atoms with Gasteiger partial charge in [0, 0.05) is 12.8 Å². The minimum Gasteiger partial charge on any atom is -0.462 e. The Morgan fingerprint density at radius 2 is 1.75 bits per heavy atom. The standard InChI is InChI=1S/C11H17NO4/c1-8(2)16-11(15)7-12-9(13)5-3-4-6-10(12)14/h8H,3-7H2,1-2H3. The fourth-order valence-electron chi connectivity index (χ4n) is 1.57. The molecule has 16 heavy (non-hydrogen) atoms. The van der Waals surface area contributed by atoms with Gasteiger partial charge >= 0.3 is 5.97 Å². The van der Waals surface area contributed by atoms with Crippen molar-refractivity contribution in [3.63, 3.8) is 0 Å². The first-order valence-electron chi connectivity index (χ1n) is 5.53. The number of amides is 2. The number of hydrogen-bond acceptors (Lipinski definition) is 4. The summed E-state index contributed by atoms with van der Waals surface area (Å²) in [6, 6.07) is 0. The Kier molecular flexibility index (Phi) is 4.46. The van der Waals surface area contributed by atoms with Gasteiger partial charge in [0.05, 0.1) is 6.10 Å². The van der Waals surface area contributed by atoms with Gasteiger partial charge in [-0.2, -0.15) is 0 Å². The smallest absolute Gasteiger partial charge is 0.326 e. The minimum absolute atomic E-state index is 0.232. The van der Waals surface area contributed by atoms with Crippen LogP contribution >= 0.6 is 0 Å². The molecule has 0 aromatic carbocycles. The van der Waals surface area contributed by atoms with Gasteiger partial charge in [0.25, 0.3) is 0 Å². The predicted molar refractivity (Wildman–Crippen MR) is 56.4 cm³/mol. The van der Waals surface area contributed by atoms with Crippen molar-refractivity contribution in [2.75, 3.05) is 6.54 Å². The SMILES string of the molecule is CC(C)OC(=O)CN1C(=O)CCCCC1=O. The van der Waals surface area contributed by atoms with Gasteiger partial charge < -0.3 is 4.74 Å². The summed E-state index contributed by atoms with van der Waals surface area (Å²) in [5.41, 5.74) is 0. The molecule has 5 heteroatoms. The highest BCUT2D eigenvalue weighted by Crippen LogP contribution is 2.12. The second-order valence-corrected chi connectivity index (χ2v) is 4.12. The number of hydrogen-bond donors (Lipinski definition) is 0. The molecule has 2 amide bonds. The average Bonchev–Trinajstić information content (AvgIpc) is 2.31. The fraction of sp³-hybridized carbons (Fsp3) is 0.727. The molecule has 0 saturated carbocycles. The van der Waals surface area contributed by atoms with Crippen LogP contribution in [0.5, 0.6) is 0 Å². The minimum atomic E-state index is -0.529. The Hall–Kier alpha value is -1.39. The Morgan fingerprint density at radius 3 is 2.19 bits per heavy atom. The summed E-state index contributed by atoms with van der Waals surface area (Å²) < 4.78 is 4.91. The van der Waals surface area contributed by atoms with Gasteiger partial charge in [-0.05, 0) is 26.7 Å². The van der Waals surface area contributed by atoms with Crippen LogP contribution in [0.1, 0.15) is 39.5 Å². The zero-order valence-corrected chi connectivity index (χ0v) is 9.69. The largest absolute Gasteiger partial charge is 0.462 e. The molecule has 0 spiro atoms. The third-order valence-corrected chi connectivity index (χ3v) is 2.29. The Morgan fingerprint density at radius 1 is 1.25 bits per heavy atom. The summed E-state index contributed by atoms with van der Waals surface area (Å²) in [7, 11) is 0. The van der Waals surface area contributed by atoms with Gasteiger partial charge in [0.15, 0.2) is 0 Å². The Labute approximate surface area is 94.7 Å². The van der Waals surface area contributed by atoms with E-state index in [1.165, 1.54) is 0 Å². The van der Waals surface area contributed by atoms with E-state index < -0.39 is 5.97 Å². The molecule has 0 bridgehead atoms. The number of ether oxygens (including phenoxy) is 1. The molecular formula is C11H17NO4. The molecule has 1 aliphatic heterocycles. The van der Waals surface area contributed by atoms with Crippen LogP contribution in [0, 0.1) is 0 Å². The second kappa shape index (κ2) is 5.63. The maximum Gasteiger partial charge on any atom is 0.326 e. The van der Waals surface area contributed by atoms with Gasteiger partial charge in [-0.25, -0.2) is 0 Å². The van der Waals surface area contributed by atoms with Gasteiger partial charge in [-0.1, -0.05) is 0 Å². The van der Waals surface area contributed by atoms with Gasteiger partial charge in [0.2, 0.25) is 11.8 Å². The van der Waals surface area contributed by atoms with Crippen LogP contribution in [0.25, 0.3) is 0 Å². The van der Waals surface area contributed by atoms with E-state index >= 15 is 0 Å². The van der Waals surface area contributed by atoms with Crippen molar-refractivity contribution in [2.45, 2.75) is 45.6 Å². The average molecular weight is 227 g/mol. The van der Waals surface area contributed by atoms with E-state index in [1.807, 2.05) is 0 Å². The zero-order valence-electron chi connectivity index (χ0n) is 9.69. The number of imide groups is 1. The molecule has 0 radical (unpaired) electrons. The first kappa shape index (κ1) is 12.7. The number of nitrogens with zero attached hydrogens (tertiary/aromatic N) is 1. The quantitative estimate of drug-likeness (QED) is 0.530. The van der Waals surface area contributed by atoms with Gasteiger partial charge in [-0.15, -0.1) is 0 Å². The van der Waals surface area contributed by atoms with Crippen molar-refractivity contribution in [2.24, 2.45) is 0 Å². The normalized spacial score (nSPS) is 17.6. The Bertz CT molecular complexity index is 280. The number of carbonyl (C=O) groups is 3. The molecule has 0 aromatic heterocycles. The lowest BCUT2D eigenvalue weighted by molar-refractivity contribution is -0.157. The molecule has 1 heterocycles. The molecule has 1 fully saturated rings. The van der Waals surface area contributed by atoms with E-state index in [-0.39, 0.29) is 24.5 Å². The topological polar surface area (TPSA) is 63.7 Å². The number of esters is 1. The van der Waals surface area contributed by atoms with E-state index in [4.69, 9.17) is 4.74 Å². The molecule has 1 saturated heterocycles. The lowest BCUT2D eigenvalue weighted by atomic mass is 10.2. The molecule has 5 nitrogen and oxygen atoms in total. The first-order chi connectivity index (χ1) is 7.50. The fourth-order valence-corrected chi connectivity index (χ4v) is 1.57. The molecule has 0 unspecified atom stereocenters. The molecule has 0 aliphatic carbocycles. The van der Waals surface area contributed by atoms with E-state index in [0.29, 0.717) is 25.7 Å². The van der Waals surface area contributed by atoms with E-state index in [1.54, 1.807) is 13.8 Å². The maximum absolute atomic E-state index is 11.5.